The monoisotopic (exact) mass is 252 g/mol. The van der Waals surface area contributed by atoms with Crippen LogP contribution >= 0.6 is 16.4 Å². The maximum Gasteiger partial charge on any atom is 0.476 e. The van der Waals surface area contributed by atoms with E-state index < -0.39 is 16.4 Å². The zero-order valence-electron chi connectivity index (χ0n) is 4.00. The van der Waals surface area contributed by atoms with Crippen molar-refractivity contribution in [1.82, 2.24) is 0 Å². The van der Waals surface area contributed by atoms with E-state index in [1.807, 2.05) is 0 Å². The van der Waals surface area contributed by atoms with E-state index in [9.17, 15) is 4.57 Å². The summed E-state index contributed by atoms with van der Waals surface area (Å²) < 4.78 is 12.9. The Morgan fingerprint density at radius 1 is 1.33 bits per heavy atom. The van der Waals surface area contributed by atoms with Gasteiger partial charge in [-0.25, -0.2) is 8.88 Å². The molecule has 0 bridgehead atoms. The van der Waals surface area contributed by atoms with Crippen molar-refractivity contribution in [1.29, 1.82) is 0 Å². The van der Waals surface area contributed by atoms with E-state index >= 15 is 0 Å². The fraction of sp³-hybridized carbons (Fsp3) is 0. The molecule has 0 rings (SSSR count). The molecule has 0 saturated carbocycles. The largest absolute Gasteiger partial charge is 0.476 e. The van der Waals surface area contributed by atoms with E-state index in [1.54, 1.807) is 0 Å². The molecule has 0 fully saturated rings. The Morgan fingerprint density at radius 2 is 1.67 bits per heavy atom. The molecule has 0 atom stereocenters. The molecule has 0 spiro atoms. The second-order valence-electron chi connectivity index (χ2n) is 0.825. The number of rotatable bonds is 2. The standard InChI is InChI=1S/H4O6P2.Zr/c1-7(2)6-8(3,4)5;/h1-2H,(H2,3,4,5);. The third-order valence-corrected chi connectivity index (χ3v) is 1.61. The summed E-state index contributed by atoms with van der Waals surface area (Å²) in [6.07, 6.45) is 0. The zero-order chi connectivity index (χ0) is 6.78. The van der Waals surface area contributed by atoms with Crippen molar-refractivity contribution in [2.45, 2.75) is 0 Å². The summed E-state index contributed by atoms with van der Waals surface area (Å²) in [6.45, 7) is 0. The summed E-state index contributed by atoms with van der Waals surface area (Å²) in [5, 5.41) is 0. The van der Waals surface area contributed by atoms with Crippen LogP contribution in [-0.4, -0.2) is 19.6 Å². The molecule has 9 heavy (non-hydrogen) atoms. The minimum atomic E-state index is -4.69. The zero-order valence-corrected chi connectivity index (χ0v) is 8.25. The molecular weight excluding hydrogens is 249 g/mol. The van der Waals surface area contributed by atoms with E-state index in [0.717, 1.165) is 0 Å². The van der Waals surface area contributed by atoms with Crippen molar-refractivity contribution >= 4 is 16.4 Å². The summed E-state index contributed by atoms with van der Waals surface area (Å²) in [5.41, 5.74) is 0. The van der Waals surface area contributed by atoms with Crippen molar-refractivity contribution in [2.75, 3.05) is 0 Å². The molecule has 0 amide bonds. The van der Waals surface area contributed by atoms with Crippen molar-refractivity contribution in [3.63, 3.8) is 0 Å². The molecule has 0 aromatic heterocycles. The van der Waals surface area contributed by atoms with Gasteiger partial charge in [-0.3, -0.25) is 0 Å². The van der Waals surface area contributed by atoms with E-state index in [-0.39, 0.29) is 26.2 Å². The molecule has 9 heteroatoms. The van der Waals surface area contributed by atoms with Gasteiger partial charge >= 0.3 is 16.4 Å². The Kier molecular flexibility index (Phi) is 7.28. The smallest absolute Gasteiger partial charge is 0.328 e. The first-order chi connectivity index (χ1) is 3.42. The van der Waals surface area contributed by atoms with Crippen molar-refractivity contribution in [3.05, 3.63) is 0 Å². The van der Waals surface area contributed by atoms with Crippen LogP contribution in [0.4, 0.5) is 0 Å². The molecule has 0 heterocycles. The second kappa shape index (κ2) is 5.05. The summed E-state index contributed by atoms with van der Waals surface area (Å²) in [6, 6.07) is 0. The average Bonchev–Trinajstić information content (AvgIpc) is 1.21. The van der Waals surface area contributed by atoms with Crippen LogP contribution in [0.2, 0.25) is 0 Å². The Hall–Kier alpha value is 1.34. The van der Waals surface area contributed by atoms with Gasteiger partial charge in [0.2, 0.25) is 0 Å². The van der Waals surface area contributed by atoms with Crippen LogP contribution in [-0.2, 0) is 35.1 Å². The molecule has 0 aliphatic heterocycles. The van der Waals surface area contributed by atoms with Crippen LogP contribution < -0.4 is 0 Å². The normalized spacial score (nSPS) is 11.2. The molecule has 0 saturated heterocycles. The van der Waals surface area contributed by atoms with E-state index in [4.69, 9.17) is 19.6 Å². The molecule has 0 radical (unpaired) electrons. The van der Waals surface area contributed by atoms with Crippen molar-refractivity contribution in [3.8, 4) is 0 Å². The third kappa shape index (κ3) is 12.5. The molecule has 0 unspecified atom stereocenters. The molecule has 0 aliphatic rings. The van der Waals surface area contributed by atoms with Crippen LogP contribution in [0.3, 0.4) is 0 Å². The van der Waals surface area contributed by atoms with Crippen LogP contribution in [0.5, 0.6) is 0 Å². The van der Waals surface area contributed by atoms with Crippen molar-refractivity contribution < 1.29 is 54.7 Å². The van der Waals surface area contributed by atoms with Gasteiger partial charge < -0.3 is 19.6 Å². The first-order valence-corrected chi connectivity index (χ1v) is 4.04. The fourth-order valence-electron chi connectivity index (χ4n) is 0.0951. The predicted octanol–water partition coefficient (Wildman–Crippen LogP) is -0.695. The Balaban J connectivity index is 0. The van der Waals surface area contributed by atoms with Crippen LogP contribution in [0.15, 0.2) is 0 Å². The number of hydrogen-bond acceptors (Lipinski definition) is 4. The molecular formula is H4O6P2Zr. The first kappa shape index (κ1) is 13.0. The molecule has 6 nitrogen and oxygen atoms in total. The maximum absolute atomic E-state index is 9.61. The summed E-state index contributed by atoms with van der Waals surface area (Å²) in [5.74, 6) is 0. The quantitative estimate of drug-likeness (QED) is 0.485. The molecule has 54 valence electrons. The van der Waals surface area contributed by atoms with E-state index in [1.165, 1.54) is 0 Å². The fourth-order valence-corrected chi connectivity index (χ4v) is 0.856. The van der Waals surface area contributed by atoms with Crippen LogP contribution in [0.1, 0.15) is 0 Å². The first-order valence-electron chi connectivity index (χ1n) is 1.35. The Morgan fingerprint density at radius 3 is 1.67 bits per heavy atom. The Bertz CT molecular complexity index is 104. The number of hydrogen-bond donors (Lipinski definition) is 4. The van der Waals surface area contributed by atoms with E-state index in [2.05, 4.69) is 4.31 Å². The summed E-state index contributed by atoms with van der Waals surface area (Å²) in [4.78, 5) is 31.1. The van der Waals surface area contributed by atoms with E-state index in [0.29, 0.717) is 0 Å². The van der Waals surface area contributed by atoms with Crippen molar-refractivity contribution in [2.24, 2.45) is 0 Å². The van der Waals surface area contributed by atoms with Gasteiger partial charge in [-0.2, -0.15) is 0 Å². The minimum absolute atomic E-state index is 0. The van der Waals surface area contributed by atoms with Gasteiger partial charge in [0.1, 0.15) is 0 Å². The SMILES string of the molecule is O=P(O)(O)OP(O)O.[Zr]. The van der Waals surface area contributed by atoms with Gasteiger partial charge in [0.05, 0.1) is 0 Å². The topological polar surface area (TPSA) is 107 Å². The molecule has 4 N–H and O–H groups in total. The van der Waals surface area contributed by atoms with Gasteiger partial charge in [-0.1, -0.05) is 0 Å². The third-order valence-electron chi connectivity index (χ3n) is 0.179. The Labute approximate surface area is 71.2 Å². The molecule has 0 aromatic carbocycles. The maximum atomic E-state index is 9.61. The predicted molar refractivity (Wildman–Crippen MR) is 24.5 cm³/mol. The van der Waals surface area contributed by atoms with Crippen LogP contribution in [0, 0.1) is 0 Å². The van der Waals surface area contributed by atoms with Gasteiger partial charge in [-0.15, -0.1) is 0 Å². The summed E-state index contributed by atoms with van der Waals surface area (Å²) in [7, 11) is -7.64. The average molecular weight is 253 g/mol. The van der Waals surface area contributed by atoms with Crippen LogP contribution in [0.25, 0.3) is 0 Å². The van der Waals surface area contributed by atoms with Gasteiger partial charge in [0.25, 0.3) is 0 Å². The number of phosphoric acid groups is 1. The van der Waals surface area contributed by atoms with Gasteiger partial charge in [-0.05, 0) is 0 Å². The summed E-state index contributed by atoms with van der Waals surface area (Å²) >= 11 is 0. The molecule has 0 aliphatic carbocycles. The molecule has 0 aromatic rings. The second-order valence-corrected chi connectivity index (χ2v) is 2.96. The van der Waals surface area contributed by atoms with Gasteiger partial charge in [0, 0.05) is 26.2 Å². The minimum Gasteiger partial charge on any atom is -0.328 e. The van der Waals surface area contributed by atoms with Gasteiger partial charge in [0.15, 0.2) is 0 Å².